The minimum atomic E-state index is -1.23. The highest BCUT2D eigenvalue weighted by atomic mass is 16.4. The van der Waals surface area contributed by atoms with Gasteiger partial charge in [0.05, 0.1) is 0 Å². The van der Waals surface area contributed by atoms with E-state index >= 15 is 0 Å². The van der Waals surface area contributed by atoms with E-state index in [-0.39, 0.29) is 0 Å². The lowest BCUT2D eigenvalue weighted by molar-refractivity contribution is -0.145. The van der Waals surface area contributed by atoms with Gasteiger partial charge in [0.1, 0.15) is 6.10 Å². The molecule has 1 unspecified atom stereocenters. The normalized spacial score (nSPS) is 12.3. The topological polar surface area (TPSA) is 60.8 Å². The Morgan fingerprint density at radius 3 is 1.42 bits per heavy atom. The van der Waals surface area contributed by atoms with E-state index in [0.717, 1.165) is 0 Å². The summed E-state index contributed by atoms with van der Waals surface area (Å²) in [6.07, 6.45) is -1.23. The zero-order chi connectivity index (χ0) is 10.3. The Morgan fingerprint density at radius 2 is 1.42 bits per heavy atom. The molecule has 0 radical (unpaired) electrons. The highest BCUT2D eigenvalue weighted by molar-refractivity contribution is 5.71. The Kier molecular flexibility index (Phi) is 8.21. The smallest absolute Gasteiger partial charge is 0.332 e. The molecule has 12 heavy (non-hydrogen) atoms. The third kappa shape index (κ3) is 12.1. The first-order chi connectivity index (χ1) is 5.29. The van der Waals surface area contributed by atoms with Crippen molar-refractivity contribution < 1.29 is 15.0 Å². The van der Waals surface area contributed by atoms with Gasteiger partial charge in [0.2, 0.25) is 0 Å². The number of aliphatic hydroxyl groups is 1. The molecule has 4 nitrogen and oxygen atoms in total. The van der Waals surface area contributed by atoms with Crippen LogP contribution in [0.15, 0.2) is 0 Å². The number of carbonyl (C=O) groups is 1. The van der Waals surface area contributed by atoms with Crippen molar-refractivity contribution in [3.63, 3.8) is 0 Å². The van der Waals surface area contributed by atoms with Crippen LogP contribution in [0, 0.1) is 0 Å². The van der Waals surface area contributed by atoms with Crippen LogP contribution in [0.2, 0.25) is 0 Å². The van der Waals surface area contributed by atoms with Gasteiger partial charge in [0, 0.05) is 6.04 Å². The van der Waals surface area contributed by atoms with Gasteiger partial charge in [-0.1, -0.05) is 0 Å². The molecule has 1 atom stereocenters. The molecule has 0 spiro atoms. The van der Waals surface area contributed by atoms with Crippen molar-refractivity contribution in [2.24, 2.45) is 0 Å². The van der Waals surface area contributed by atoms with Gasteiger partial charge in [-0.2, -0.15) is 0 Å². The van der Waals surface area contributed by atoms with Crippen LogP contribution in [0.1, 0.15) is 20.8 Å². The van der Waals surface area contributed by atoms with Gasteiger partial charge in [-0.05, 0) is 34.9 Å². The van der Waals surface area contributed by atoms with Crippen molar-refractivity contribution in [2.45, 2.75) is 32.9 Å². The monoisotopic (exact) mass is 177 g/mol. The van der Waals surface area contributed by atoms with Crippen molar-refractivity contribution in [3.8, 4) is 0 Å². The fraction of sp³-hybridized carbons (Fsp3) is 0.875. The van der Waals surface area contributed by atoms with Crippen molar-refractivity contribution in [1.29, 1.82) is 0 Å². The second-order valence-electron chi connectivity index (χ2n) is 3.07. The maximum Gasteiger partial charge on any atom is 0.332 e. The van der Waals surface area contributed by atoms with Gasteiger partial charge in [-0.15, -0.1) is 0 Å². The molecule has 0 amide bonds. The summed E-state index contributed by atoms with van der Waals surface area (Å²) in [5.74, 6) is -1.19. The summed E-state index contributed by atoms with van der Waals surface area (Å²) in [6.45, 7) is 5.53. The quantitative estimate of drug-likeness (QED) is 0.641. The maximum absolute atomic E-state index is 9.45. The molecule has 0 rings (SSSR count). The van der Waals surface area contributed by atoms with E-state index in [4.69, 9.17) is 10.2 Å². The first-order valence-corrected chi connectivity index (χ1v) is 3.86. The minimum absolute atomic E-state index is 0.685. The van der Waals surface area contributed by atoms with Gasteiger partial charge < -0.3 is 15.1 Å². The summed E-state index contributed by atoms with van der Waals surface area (Å²) in [5.41, 5.74) is 0. The molecule has 0 fully saturated rings. The van der Waals surface area contributed by atoms with Crippen LogP contribution in [0.25, 0.3) is 0 Å². The highest BCUT2D eigenvalue weighted by Crippen LogP contribution is 1.84. The Labute approximate surface area is 73.8 Å². The van der Waals surface area contributed by atoms with E-state index in [1.807, 2.05) is 0 Å². The molecule has 0 aromatic carbocycles. The van der Waals surface area contributed by atoms with Crippen molar-refractivity contribution in [2.75, 3.05) is 14.1 Å². The molecular weight excluding hydrogens is 158 g/mol. The van der Waals surface area contributed by atoms with E-state index in [2.05, 4.69) is 32.8 Å². The number of carboxylic acid groups (broad SMARTS) is 1. The largest absolute Gasteiger partial charge is 0.479 e. The molecule has 0 aliphatic heterocycles. The van der Waals surface area contributed by atoms with Crippen LogP contribution in [0.5, 0.6) is 0 Å². The third-order valence-corrected chi connectivity index (χ3v) is 1.39. The molecule has 0 aromatic rings. The average Bonchev–Trinajstić information content (AvgIpc) is 1.88. The van der Waals surface area contributed by atoms with E-state index in [9.17, 15) is 4.79 Å². The molecule has 0 aliphatic carbocycles. The van der Waals surface area contributed by atoms with Crippen molar-refractivity contribution >= 4 is 5.97 Å². The molecule has 0 aromatic heterocycles. The van der Waals surface area contributed by atoms with E-state index in [0.29, 0.717) is 6.04 Å². The van der Waals surface area contributed by atoms with Gasteiger partial charge in [-0.25, -0.2) is 4.79 Å². The summed E-state index contributed by atoms with van der Waals surface area (Å²) in [6, 6.07) is 0.685. The molecule has 0 heterocycles. The first kappa shape index (κ1) is 13.9. The lowest BCUT2D eigenvalue weighted by atomic mass is 10.4. The van der Waals surface area contributed by atoms with Gasteiger partial charge in [-0.3, -0.25) is 0 Å². The Morgan fingerprint density at radius 1 is 1.25 bits per heavy atom. The Bertz CT molecular complexity index is 115. The van der Waals surface area contributed by atoms with Gasteiger partial charge in [0.15, 0.2) is 0 Å². The molecule has 0 saturated heterocycles. The predicted octanol–water partition coefficient (Wildman–Crippen LogP) is 0.408. The van der Waals surface area contributed by atoms with Crippen molar-refractivity contribution in [3.05, 3.63) is 0 Å². The standard InChI is InChI=1S/C5H13N.C3H6O3/c1-5(2)6(3)4;1-2(4)3(5)6/h5H,1-4H3;2,4H,1H3,(H,5,6). The summed E-state index contributed by atoms with van der Waals surface area (Å²) in [4.78, 5) is 11.6. The second-order valence-corrected chi connectivity index (χ2v) is 3.07. The lowest BCUT2D eigenvalue weighted by Crippen LogP contribution is -2.20. The van der Waals surface area contributed by atoms with E-state index < -0.39 is 12.1 Å². The second kappa shape index (κ2) is 7.06. The number of aliphatic hydroxyl groups excluding tert-OH is 1. The van der Waals surface area contributed by atoms with Crippen LogP contribution < -0.4 is 0 Å². The average molecular weight is 177 g/mol. The Hall–Kier alpha value is -0.610. The summed E-state index contributed by atoms with van der Waals surface area (Å²) >= 11 is 0. The fourth-order valence-corrected chi connectivity index (χ4v) is 0. The molecule has 74 valence electrons. The minimum Gasteiger partial charge on any atom is -0.479 e. The zero-order valence-corrected chi connectivity index (χ0v) is 8.40. The van der Waals surface area contributed by atoms with E-state index in [1.54, 1.807) is 0 Å². The lowest BCUT2D eigenvalue weighted by Gasteiger charge is -2.12. The molecule has 4 heteroatoms. The summed E-state index contributed by atoms with van der Waals surface area (Å²) in [7, 11) is 4.15. The number of aliphatic carboxylic acids is 1. The van der Waals surface area contributed by atoms with Crippen molar-refractivity contribution in [1.82, 2.24) is 4.90 Å². The Balaban J connectivity index is 0. The SMILES string of the molecule is CC(C)N(C)C.CC(O)C(=O)O. The van der Waals surface area contributed by atoms with Crippen LogP contribution in [-0.2, 0) is 4.79 Å². The van der Waals surface area contributed by atoms with Gasteiger partial charge >= 0.3 is 5.97 Å². The molecule has 2 N–H and O–H groups in total. The maximum atomic E-state index is 9.45. The van der Waals surface area contributed by atoms with Crippen LogP contribution in [0.4, 0.5) is 0 Å². The number of hydrogen-bond donors (Lipinski definition) is 2. The van der Waals surface area contributed by atoms with E-state index in [1.165, 1.54) is 6.92 Å². The fourth-order valence-electron chi connectivity index (χ4n) is 0. The predicted molar refractivity (Wildman–Crippen MR) is 48.1 cm³/mol. The molecular formula is C8H19NO3. The molecule has 0 saturated carbocycles. The number of hydrogen-bond acceptors (Lipinski definition) is 3. The van der Waals surface area contributed by atoms with Crippen LogP contribution in [0.3, 0.4) is 0 Å². The summed E-state index contributed by atoms with van der Waals surface area (Å²) < 4.78 is 0. The van der Waals surface area contributed by atoms with Crippen LogP contribution in [-0.4, -0.2) is 47.3 Å². The number of rotatable bonds is 2. The number of carboxylic acids is 1. The van der Waals surface area contributed by atoms with Crippen LogP contribution >= 0.6 is 0 Å². The highest BCUT2D eigenvalue weighted by Gasteiger charge is 2.01. The molecule has 0 bridgehead atoms. The van der Waals surface area contributed by atoms with Gasteiger partial charge in [0.25, 0.3) is 0 Å². The molecule has 0 aliphatic rings. The first-order valence-electron chi connectivity index (χ1n) is 3.86. The zero-order valence-electron chi connectivity index (χ0n) is 8.40. The summed E-state index contributed by atoms with van der Waals surface area (Å²) in [5, 5.41) is 15.8. The third-order valence-electron chi connectivity index (χ3n) is 1.39. The number of nitrogens with zero attached hydrogens (tertiary/aromatic N) is 1.